The number of piperazine rings is 1. The highest BCUT2D eigenvalue weighted by molar-refractivity contribution is 6.05. The number of carbonyl (C=O) groups excluding carboxylic acids is 2. The first kappa shape index (κ1) is 9.33. The Labute approximate surface area is 89.0 Å². The van der Waals surface area contributed by atoms with Crippen molar-refractivity contribution in [3.8, 4) is 0 Å². The van der Waals surface area contributed by atoms with E-state index in [1.54, 1.807) is 0 Å². The standard InChI is InChI=1S/C11H16N2O2/c14-9-8-4-3-7-13(8)11(10(15)12-9)5-1-2-6-11/h8H,1-7H2,(H,12,14,15)/t8-/m0/s1. The summed E-state index contributed by atoms with van der Waals surface area (Å²) in [5, 5.41) is 2.56. The van der Waals surface area contributed by atoms with E-state index in [9.17, 15) is 9.59 Å². The van der Waals surface area contributed by atoms with Crippen LogP contribution in [0.25, 0.3) is 0 Å². The summed E-state index contributed by atoms with van der Waals surface area (Å²) in [6, 6.07) is -0.0270. The second kappa shape index (κ2) is 3.04. The molecule has 3 fully saturated rings. The molecular weight excluding hydrogens is 192 g/mol. The third kappa shape index (κ3) is 1.11. The average Bonchev–Trinajstić information content (AvgIpc) is 2.85. The molecule has 1 aliphatic carbocycles. The van der Waals surface area contributed by atoms with Gasteiger partial charge in [-0.3, -0.25) is 19.8 Å². The van der Waals surface area contributed by atoms with Gasteiger partial charge in [-0.25, -0.2) is 0 Å². The number of rotatable bonds is 0. The second-order valence-corrected chi connectivity index (χ2v) is 4.91. The molecular formula is C11H16N2O2. The van der Waals surface area contributed by atoms with E-state index in [0.29, 0.717) is 0 Å². The molecule has 1 saturated carbocycles. The predicted molar refractivity (Wildman–Crippen MR) is 54.1 cm³/mol. The van der Waals surface area contributed by atoms with E-state index in [-0.39, 0.29) is 23.4 Å². The molecule has 4 nitrogen and oxygen atoms in total. The van der Waals surface area contributed by atoms with Gasteiger partial charge in [0.15, 0.2) is 0 Å². The number of amides is 2. The summed E-state index contributed by atoms with van der Waals surface area (Å²) < 4.78 is 0. The molecule has 3 rings (SSSR count). The lowest BCUT2D eigenvalue weighted by atomic mass is 9.90. The molecule has 0 radical (unpaired) electrons. The molecule has 1 atom stereocenters. The fourth-order valence-corrected chi connectivity index (χ4v) is 3.47. The first-order valence-corrected chi connectivity index (χ1v) is 5.86. The SMILES string of the molecule is O=C1NC(=O)C2(CCCC2)N2CCC[C@@H]12. The van der Waals surface area contributed by atoms with Gasteiger partial charge in [0.05, 0.1) is 6.04 Å². The van der Waals surface area contributed by atoms with Gasteiger partial charge < -0.3 is 0 Å². The van der Waals surface area contributed by atoms with E-state index in [0.717, 1.165) is 45.1 Å². The Balaban J connectivity index is 1.99. The Morgan fingerprint density at radius 1 is 1.20 bits per heavy atom. The van der Waals surface area contributed by atoms with E-state index in [2.05, 4.69) is 10.2 Å². The highest BCUT2D eigenvalue weighted by Crippen LogP contribution is 2.41. The molecule has 2 amide bonds. The number of nitrogens with zero attached hydrogens (tertiary/aromatic N) is 1. The van der Waals surface area contributed by atoms with Gasteiger partial charge in [0.2, 0.25) is 11.8 Å². The van der Waals surface area contributed by atoms with E-state index in [1.165, 1.54) is 0 Å². The van der Waals surface area contributed by atoms with Gasteiger partial charge in [-0.05, 0) is 25.7 Å². The molecule has 2 saturated heterocycles. The van der Waals surface area contributed by atoms with E-state index < -0.39 is 0 Å². The zero-order valence-corrected chi connectivity index (χ0v) is 8.79. The molecule has 2 heterocycles. The van der Waals surface area contributed by atoms with Crippen molar-refractivity contribution in [2.45, 2.75) is 50.1 Å². The Bertz CT molecular complexity index is 321. The van der Waals surface area contributed by atoms with E-state index in [1.807, 2.05) is 0 Å². The van der Waals surface area contributed by atoms with Crippen LogP contribution < -0.4 is 5.32 Å². The molecule has 15 heavy (non-hydrogen) atoms. The minimum absolute atomic E-state index is 0.0270. The van der Waals surface area contributed by atoms with Crippen LogP contribution in [0, 0.1) is 0 Å². The van der Waals surface area contributed by atoms with Gasteiger partial charge in [-0.2, -0.15) is 0 Å². The molecule has 1 spiro atoms. The summed E-state index contributed by atoms with van der Waals surface area (Å²) in [7, 11) is 0. The van der Waals surface area contributed by atoms with Crippen LogP contribution in [0.5, 0.6) is 0 Å². The van der Waals surface area contributed by atoms with Crippen molar-refractivity contribution in [2.24, 2.45) is 0 Å². The Hall–Kier alpha value is -0.900. The summed E-state index contributed by atoms with van der Waals surface area (Å²) in [4.78, 5) is 25.8. The lowest BCUT2D eigenvalue weighted by Crippen LogP contribution is -2.68. The number of hydrogen-bond donors (Lipinski definition) is 1. The van der Waals surface area contributed by atoms with Crippen LogP contribution in [0.1, 0.15) is 38.5 Å². The van der Waals surface area contributed by atoms with Crippen molar-refractivity contribution in [3.63, 3.8) is 0 Å². The van der Waals surface area contributed by atoms with Crippen molar-refractivity contribution >= 4 is 11.8 Å². The van der Waals surface area contributed by atoms with Gasteiger partial charge in [0.1, 0.15) is 5.54 Å². The van der Waals surface area contributed by atoms with Crippen LogP contribution in [0.15, 0.2) is 0 Å². The van der Waals surface area contributed by atoms with Gasteiger partial charge >= 0.3 is 0 Å². The third-order valence-corrected chi connectivity index (χ3v) is 4.20. The summed E-state index contributed by atoms with van der Waals surface area (Å²) >= 11 is 0. The Kier molecular flexibility index (Phi) is 1.89. The van der Waals surface area contributed by atoms with Crippen molar-refractivity contribution in [1.29, 1.82) is 0 Å². The first-order chi connectivity index (χ1) is 7.24. The number of fused-ring (bicyclic) bond motifs is 2. The average molecular weight is 208 g/mol. The van der Waals surface area contributed by atoms with E-state index in [4.69, 9.17) is 0 Å². The molecule has 0 bridgehead atoms. The minimum Gasteiger partial charge on any atom is -0.293 e. The first-order valence-electron chi connectivity index (χ1n) is 5.86. The largest absolute Gasteiger partial charge is 0.293 e. The van der Waals surface area contributed by atoms with Gasteiger partial charge in [-0.1, -0.05) is 12.8 Å². The topological polar surface area (TPSA) is 49.4 Å². The van der Waals surface area contributed by atoms with Crippen LogP contribution in [0.4, 0.5) is 0 Å². The molecule has 1 N–H and O–H groups in total. The van der Waals surface area contributed by atoms with Crippen LogP contribution in [0.3, 0.4) is 0 Å². The highest BCUT2D eigenvalue weighted by atomic mass is 16.2. The van der Waals surface area contributed by atoms with Gasteiger partial charge in [0.25, 0.3) is 0 Å². The fraction of sp³-hybridized carbons (Fsp3) is 0.818. The van der Waals surface area contributed by atoms with Crippen molar-refractivity contribution < 1.29 is 9.59 Å². The number of imide groups is 1. The summed E-state index contributed by atoms with van der Waals surface area (Å²) in [5.74, 6) is -0.113. The van der Waals surface area contributed by atoms with Crippen molar-refractivity contribution in [3.05, 3.63) is 0 Å². The maximum absolute atomic E-state index is 12.0. The summed E-state index contributed by atoms with van der Waals surface area (Å²) in [5.41, 5.74) is -0.324. The number of nitrogens with one attached hydrogen (secondary N) is 1. The van der Waals surface area contributed by atoms with Gasteiger partial charge in [0, 0.05) is 6.54 Å². The smallest absolute Gasteiger partial charge is 0.247 e. The highest BCUT2D eigenvalue weighted by Gasteiger charge is 2.55. The summed E-state index contributed by atoms with van der Waals surface area (Å²) in [6.45, 7) is 0.920. The molecule has 3 aliphatic rings. The third-order valence-electron chi connectivity index (χ3n) is 4.20. The quantitative estimate of drug-likeness (QED) is 0.587. The maximum Gasteiger partial charge on any atom is 0.247 e. The number of carbonyl (C=O) groups is 2. The molecule has 0 aromatic heterocycles. The molecule has 0 aromatic rings. The minimum atomic E-state index is -0.324. The normalized spacial score (nSPS) is 34.5. The van der Waals surface area contributed by atoms with Crippen LogP contribution in [-0.4, -0.2) is 34.8 Å². The monoisotopic (exact) mass is 208 g/mol. The fourth-order valence-electron chi connectivity index (χ4n) is 3.47. The van der Waals surface area contributed by atoms with Crippen molar-refractivity contribution in [1.82, 2.24) is 10.2 Å². The molecule has 0 aromatic carbocycles. The summed E-state index contributed by atoms with van der Waals surface area (Å²) in [6.07, 6.45) is 6.06. The van der Waals surface area contributed by atoms with Crippen LogP contribution >= 0.6 is 0 Å². The zero-order chi connectivity index (χ0) is 10.5. The Morgan fingerprint density at radius 3 is 2.67 bits per heavy atom. The van der Waals surface area contributed by atoms with Crippen molar-refractivity contribution in [2.75, 3.05) is 6.54 Å². The Morgan fingerprint density at radius 2 is 1.93 bits per heavy atom. The van der Waals surface area contributed by atoms with Crippen LogP contribution in [0.2, 0.25) is 0 Å². The lowest BCUT2D eigenvalue weighted by molar-refractivity contribution is -0.150. The number of hydrogen-bond acceptors (Lipinski definition) is 3. The maximum atomic E-state index is 12.0. The van der Waals surface area contributed by atoms with E-state index >= 15 is 0 Å². The molecule has 0 unspecified atom stereocenters. The molecule has 82 valence electrons. The van der Waals surface area contributed by atoms with Crippen LogP contribution in [-0.2, 0) is 9.59 Å². The lowest BCUT2D eigenvalue weighted by Gasteiger charge is -2.44. The van der Waals surface area contributed by atoms with Gasteiger partial charge in [-0.15, -0.1) is 0 Å². The predicted octanol–water partition coefficient (Wildman–Crippen LogP) is 0.420. The zero-order valence-electron chi connectivity index (χ0n) is 8.79. The second-order valence-electron chi connectivity index (χ2n) is 4.91. The molecule has 4 heteroatoms. The molecule has 2 aliphatic heterocycles.